The van der Waals surface area contributed by atoms with Crippen molar-refractivity contribution >= 4 is 33.3 Å². The molecule has 6 nitrogen and oxygen atoms in total. The number of aryl methyl sites for hydroxylation is 1. The zero-order chi connectivity index (χ0) is 16.3. The first-order valence-electron chi connectivity index (χ1n) is 6.63. The van der Waals surface area contributed by atoms with Crippen molar-refractivity contribution < 1.29 is 24.2 Å². The number of phenols is 1. The van der Waals surface area contributed by atoms with Crippen molar-refractivity contribution in [2.45, 2.75) is 13.3 Å². The summed E-state index contributed by atoms with van der Waals surface area (Å²) < 4.78 is 10.4. The molecule has 1 aromatic heterocycles. The number of rotatable bonds is 5. The predicted octanol–water partition coefficient (Wildman–Crippen LogP) is 2.22. The summed E-state index contributed by atoms with van der Waals surface area (Å²) in [5, 5.41) is 13.3. The highest BCUT2D eigenvalue weighted by Crippen LogP contribution is 2.38. The summed E-state index contributed by atoms with van der Waals surface area (Å²) >= 11 is 1.32. The number of esters is 1. The number of fused-ring (bicyclic) bond motifs is 1. The van der Waals surface area contributed by atoms with Crippen molar-refractivity contribution in [3.8, 4) is 11.5 Å². The van der Waals surface area contributed by atoms with Gasteiger partial charge in [0.15, 0.2) is 11.5 Å². The van der Waals surface area contributed by atoms with Gasteiger partial charge in [-0.2, -0.15) is 0 Å². The average Bonchev–Trinajstić information content (AvgIpc) is 2.82. The highest BCUT2D eigenvalue weighted by atomic mass is 32.1. The van der Waals surface area contributed by atoms with Crippen LogP contribution in [0.1, 0.15) is 21.7 Å². The summed E-state index contributed by atoms with van der Waals surface area (Å²) in [4.78, 5) is 23.8. The third-order valence-corrected chi connectivity index (χ3v) is 4.54. The summed E-state index contributed by atoms with van der Waals surface area (Å²) in [7, 11) is 2.78. The minimum Gasteiger partial charge on any atom is -0.504 e. The van der Waals surface area contributed by atoms with Crippen LogP contribution in [0.15, 0.2) is 12.1 Å². The lowest BCUT2D eigenvalue weighted by atomic mass is 10.1. The summed E-state index contributed by atoms with van der Waals surface area (Å²) in [6, 6.07) is 3.29. The van der Waals surface area contributed by atoms with Crippen LogP contribution in [0.4, 0.5) is 0 Å². The number of hydrogen-bond donors (Lipinski definition) is 2. The molecule has 7 heteroatoms. The molecule has 0 unspecified atom stereocenters. The predicted molar refractivity (Wildman–Crippen MR) is 83.7 cm³/mol. The molecule has 0 saturated heterocycles. The minimum absolute atomic E-state index is 0.0357. The van der Waals surface area contributed by atoms with Crippen LogP contribution in [0.25, 0.3) is 10.1 Å². The van der Waals surface area contributed by atoms with Gasteiger partial charge in [0.1, 0.15) is 0 Å². The van der Waals surface area contributed by atoms with Crippen LogP contribution in [0.5, 0.6) is 11.5 Å². The number of benzene rings is 1. The Balaban J connectivity index is 2.22. The van der Waals surface area contributed by atoms with Gasteiger partial charge in [-0.1, -0.05) is 0 Å². The van der Waals surface area contributed by atoms with E-state index in [1.807, 2.05) is 6.92 Å². The van der Waals surface area contributed by atoms with E-state index < -0.39 is 0 Å². The highest BCUT2D eigenvalue weighted by molar-refractivity contribution is 7.21. The zero-order valence-corrected chi connectivity index (χ0v) is 13.4. The van der Waals surface area contributed by atoms with Crippen LogP contribution < -0.4 is 10.1 Å². The van der Waals surface area contributed by atoms with Gasteiger partial charge in [0, 0.05) is 22.7 Å². The van der Waals surface area contributed by atoms with Gasteiger partial charge in [-0.25, -0.2) is 0 Å². The highest BCUT2D eigenvalue weighted by Gasteiger charge is 2.17. The molecule has 2 aromatic rings. The van der Waals surface area contributed by atoms with Crippen molar-refractivity contribution in [2.75, 3.05) is 20.8 Å². The molecule has 0 fully saturated rings. The van der Waals surface area contributed by atoms with Crippen molar-refractivity contribution in [2.24, 2.45) is 0 Å². The minimum atomic E-state index is -0.372. The lowest BCUT2D eigenvalue weighted by Gasteiger charge is -2.03. The van der Waals surface area contributed by atoms with Crippen molar-refractivity contribution in [1.29, 1.82) is 0 Å². The fraction of sp³-hybridized carbons (Fsp3) is 0.333. The first kappa shape index (κ1) is 16.1. The van der Waals surface area contributed by atoms with Gasteiger partial charge in [-0.3, -0.25) is 9.59 Å². The van der Waals surface area contributed by atoms with E-state index in [1.54, 1.807) is 12.1 Å². The van der Waals surface area contributed by atoms with E-state index in [0.717, 1.165) is 15.6 Å². The quantitative estimate of drug-likeness (QED) is 0.824. The van der Waals surface area contributed by atoms with Crippen molar-refractivity contribution in [1.82, 2.24) is 5.32 Å². The number of amides is 1. The Morgan fingerprint density at radius 1 is 1.32 bits per heavy atom. The number of thiophene rings is 1. The van der Waals surface area contributed by atoms with E-state index in [4.69, 9.17) is 4.74 Å². The second kappa shape index (κ2) is 6.65. The molecule has 0 atom stereocenters. The number of ether oxygens (including phenoxy) is 2. The number of carbonyl (C=O) groups is 2. The first-order valence-corrected chi connectivity index (χ1v) is 7.44. The Bertz CT molecular complexity index is 722. The van der Waals surface area contributed by atoms with Crippen LogP contribution in [-0.4, -0.2) is 37.7 Å². The van der Waals surface area contributed by atoms with Crippen molar-refractivity contribution in [3.05, 3.63) is 22.6 Å². The monoisotopic (exact) mass is 323 g/mol. The fourth-order valence-electron chi connectivity index (χ4n) is 2.08. The summed E-state index contributed by atoms with van der Waals surface area (Å²) in [5.41, 5.74) is 0.786. The molecule has 1 heterocycles. The van der Waals surface area contributed by atoms with Crippen LogP contribution in [-0.2, 0) is 9.53 Å². The Hall–Kier alpha value is -2.28. The molecule has 2 rings (SSSR count). The van der Waals surface area contributed by atoms with Gasteiger partial charge in [0.05, 0.1) is 25.5 Å². The van der Waals surface area contributed by atoms with E-state index in [0.29, 0.717) is 10.6 Å². The average molecular weight is 323 g/mol. The number of carbonyl (C=O) groups excluding carboxylic acids is 2. The topological polar surface area (TPSA) is 84.9 Å². The van der Waals surface area contributed by atoms with Gasteiger partial charge in [-0.15, -0.1) is 11.3 Å². The van der Waals surface area contributed by atoms with E-state index in [-0.39, 0.29) is 30.6 Å². The first-order chi connectivity index (χ1) is 10.5. The van der Waals surface area contributed by atoms with Crippen LogP contribution >= 0.6 is 11.3 Å². The maximum Gasteiger partial charge on any atom is 0.307 e. The lowest BCUT2D eigenvalue weighted by molar-refractivity contribution is -0.140. The molecule has 118 valence electrons. The number of phenolic OH excluding ortho intramolecular Hbond substituents is 1. The second-order valence-corrected chi connectivity index (χ2v) is 5.71. The maximum absolute atomic E-state index is 12.2. The molecule has 0 saturated carbocycles. The molecular formula is C15H17NO5S. The molecule has 0 aliphatic rings. The molecule has 0 spiro atoms. The SMILES string of the molecule is COC(=O)CCNC(=O)c1sc2cc(OC)c(O)cc2c1C. The number of nitrogens with one attached hydrogen (secondary N) is 1. The molecule has 0 radical (unpaired) electrons. The molecular weight excluding hydrogens is 306 g/mol. The fourth-order valence-corrected chi connectivity index (χ4v) is 3.21. The van der Waals surface area contributed by atoms with Gasteiger partial charge >= 0.3 is 5.97 Å². The second-order valence-electron chi connectivity index (χ2n) is 4.66. The summed E-state index contributed by atoms with van der Waals surface area (Å²) in [5.74, 6) is -0.218. The molecule has 1 aromatic carbocycles. The third kappa shape index (κ3) is 3.14. The maximum atomic E-state index is 12.2. The Morgan fingerprint density at radius 3 is 2.68 bits per heavy atom. The number of hydrogen-bond acceptors (Lipinski definition) is 6. The normalized spacial score (nSPS) is 10.5. The Kier molecular flexibility index (Phi) is 4.87. The molecule has 1 amide bonds. The van der Waals surface area contributed by atoms with E-state index in [2.05, 4.69) is 10.1 Å². The lowest BCUT2D eigenvalue weighted by Crippen LogP contribution is -2.26. The van der Waals surface area contributed by atoms with Gasteiger partial charge in [0.2, 0.25) is 0 Å². The molecule has 2 N–H and O–H groups in total. The van der Waals surface area contributed by atoms with Crippen LogP contribution in [0.3, 0.4) is 0 Å². The van der Waals surface area contributed by atoms with Crippen LogP contribution in [0, 0.1) is 6.92 Å². The third-order valence-electron chi connectivity index (χ3n) is 3.29. The summed E-state index contributed by atoms with van der Waals surface area (Å²) in [6.45, 7) is 2.04. The molecule has 0 bridgehead atoms. The number of aromatic hydroxyl groups is 1. The van der Waals surface area contributed by atoms with E-state index in [1.165, 1.54) is 25.6 Å². The summed E-state index contributed by atoms with van der Waals surface area (Å²) in [6.07, 6.45) is 0.126. The van der Waals surface area contributed by atoms with Crippen LogP contribution in [0.2, 0.25) is 0 Å². The van der Waals surface area contributed by atoms with E-state index in [9.17, 15) is 14.7 Å². The standard InChI is InChI=1S/C15H17NO5S/c1-8-9-6-10(17)11(20-2)7-12(9)22-14(8)15(19)16-5-4-13(18)21-3/h6-7,17H,4-5H2,1-3H3,(H,16,19). The Morgan fingerprint density at radius 2 is 2.05 bits per heavy atom. The van der Waals surface area contributed by atoms with Crippen molar-refractivity contribution in [3.63, 3.8) is 0 Å². The molecule has 0 aliphatic carbocycles. The van der Waals surface area contributed by atoms with Gasteiger partial charge in [0.25, 0.3) is 5.91 Å². The van der Waals surface area contributed by atoms with E-state index >= 15 is 0 Å². The Labute approximate surface area is 131 Å². The molecule has 0 aliphatic heterocycles. The van der Waals surface area contributed by atoms with Gasteiger partial charge in [-0.05, 0) is 18.6 Å². The number of methoxy groups -OCH3 is 2. The smallest absolute Gasteiger partial charge is 0.307 e. The zero-order valence-electron chi connectivity index (χ0n) is 12.6. The van der Waals surface area contributed by atoms with Gasteiger partial charge < -0.3 is 19.9 Å². The molecule has 22 heavy (non-hydrogen) atoms. The largest absolute Gasteiger partial charge is 0.504 e.